The van der Waals surface area contributed by atoms with E-state index in [4.69, 9.17) is 4.74 Å². The van der Waals surface area contributed by atoms with Crippen molar-refractivity contribution in [2.45, 2.75) is 18.7 Å². The molecule has 2 aliphatic rings. The highest BCUT2D eigenvalue weighted by Gasteiger charge is 2.53. The van der Waals surface area contributed by atoms with E-state index in [2.05, 4.69) is 0 Å². The van der Waals surface area contributed by atoms with Gasteiger partial charge in [-0.2, -0.15) is 0 Å². The maximum atomic E-state index is 12.5. The number of carbonyl (C=O) groups excluding carboxylic acids is 3. The average Bonchev–Trinajstić information content (AvgIpc) is 3.11. The fourth-order valence-corrected chi connectivity index (χ4v) is 4.93. The first-order valence-corrected chi connectivity index (χ1v) is 9.43. The normalized spacial score (nSPS) is 22.3. The summed E-state index contributed by atoms with van der Waals surface area (Å²) in [5, 5.41) is 10.9. The van der Waals surface area contributed by atoms with Crippen LogP contribution in [-0.4, -0.2) is 51.4 Å². The van der Waals surface area contributed by atoms with Crippen LogP contribution in [0.25, 0.3) is 0 Å². The van der Waals surface area contributed by atoms with Gasteiger partial charge in [-0.1, -0.05) is 6.07 Å². The number of nitrogens with zero attached hydrogens (tertiary/aromatic N) is 1. The summed E-state index contributed by atoms with van der Waals surface area (Å²) in [6.45, 7) is 1.08. The van der Waals surface area contributed by atoms with Crippen molar-refractivity contribution in [3.05, 3.63) is 33.7 Å². The number of rotatable bonds is 6. The molecule has 2 unspecified atom stereocenters. The van der Waals surface area contributed by atoms with E-state index in [1.165, 1.54) is 34.9 Å². The zero-order valence-electron chi connectivity index (χ0n) is 13.3. The van der Waals surface area contributed by atoms with Crippen molar-refractivity contribution >= 4 is 46.7 Å². The first kappa shape index (κ1) is 17.7. The smallest absolute Gasteiger partial charge is 0.352 e. The maximum absolute atomic E-state index is 12.5. The minimum Gasteiger partial charge on any atom is -0.477 e. The molecule has 9 heteroatoms. The number of Topliss-reactive ketones (excluding diaryl/α,β-unsaturated/α-hetero) is 1. The Morgan fingerprint density at radius 1 is 1.40 bits per heavy atom. The lowest BCUT2D eigenvalue weighted by Crippen LogP contribution is -2.62. The molecule has 0 aliphatic carbocycles. The lowest BCUT2D eigenvalue weighted by atomic mass is 9.90. The Labute approximate surface area is 151 Å². The molecule has 3 heterocycles. The van der Waals surface area contributed by atoms with Crippen LogP contribution >= 0.6 is 23.1 Å². The van der Waals surface area contributed by atoms with Crippen molar-refractivity contribution in [3.8, 4) is 0 Å². The third kappa shape index (κ3) is 3.34. The van der Waals surface area contributed by atoms with E-state index >= 15 is 0 Å². The predicted molar refractivity (Wildman–Crippen MR) is 91.1 cm³/mol. The lowest BCUT2D eigenvalue weighted by Gasteiger charge is -2.49. The van der Waals surface area contributed by atoms with Gasteiger partial charge in [-0.15, -0.1) is 23.1 Å². The zero-order chi connectivity index (χ0) is 18.1. The monoisotopic (exact) mass is 381 g/mol. The molecule has 3 rings (SSSR count). The lowest BCUT2D eigenvalue weighted by molar-refractivity contribution is -0.152. The van der Waals surface area contributed by atoms with Crippen molar-refractivity contribution < 1.29 is 29.0 Å². The van der Waals surface area contributed by atoms with Crippen LogP contribution in [0.5, 0.6) is 0 Å². The Hall–Kier alpha value is -2.13. The summed E-state index contributed by atoms with van der Waals surface area (Å²) in [4.78, 5) is 49.0. The molecule has 0 spiro atoms. The molecule has 1 aromatic heterocycles. The molecule has 0 bridgehead atoms. The van der Waals surface area contributed by atoms with E-state index in [0.717, 1.165) is 0 Å². The molecule has 1 amide bonds. The zero-order valence-corrected chi connectivity index (χ0v) is 14.9. The fraction of sp³-hybridized carbons (Fsp3) is 0.375. The van der Waals surface area contributed by atoms with E-state index in [0.29, 0.717) is 16.2 Å². The van der Waals surface area contributed by atoms with Gasteiger partial charge in [0.25, 0.3) is 0 Å². The Kier molecular flexibility index (Phi) is 4.96. The molecule has 25 heavy (non-hydrogen) atoms. The van der Waals surface area contributed by atoms with E-state index in [-0.39, 0.29) is 35.8 Å². The number of thioether (sulfide) groups is 1. The minimum absolute atomic E-state index is 0.0691. The van der Waals surface area contributed by atoms with Gasteiger partial charge in [0, 0.05) is 24.7 Å². The second-order valence-electron chi connectivity index (χ2n) is 5.66. The number of β-lactam (4-membered cyclic amide) rings is 1. The summed E-state index contributed by atoms with van der Waals surface area (Å²) in [6, 6.07) is 3.48. The van der Waals surface area contributed by atoms with Gasteiger partial charge in [0.05, 0.1) is 16.2 Å². The molecule has 1 saturated heterocycles. The second kappa shape index (κ2) is 7.01. The van der Waals surface area contributed by atoms with E-state index in [1.54, 1.807) is 17.5 Å². The van der Waals surface area contributed by atoms with Crippen LogP contribution in [0, 0.1) is 5.92 Å². The Morgan fingerprint density at radius 3 is 2.76 bits per heavy atom. The minimum atomic E-state index is -1.23. The van der Waals surface area contributed by atoms with Crippen LogP contribution in [0.1, 0.15) is 23.0 Å². The Morgan fingerprint density at radius 2 is 2.16 bits per heavy atom. The van der Waals surface area contributed by atoms with Crippen molar-refractivity contribution in [1.82, 2.24) is 4.90 Å². The van der Waals surface area contributed by atoms with Crippen molar-refractivity contribution in [2.24, 2.45) is 5.92 Å². The molecule has 1 fully saturated rings. The van der Waals surface area contributed by atoms with Gasteiger partial charge >= 0.3 is 11.9 Å². The van der Waals surface area contributed by atoms with Crippen LogP contribution in [0.15, 0.2) is 28.8 Å². The standard InChI is InChI=1S/C16H15NO6S2/c1-8(18)23-6-9-7-25-15-10(5-11(19)12-3-2-4-24-12)14(20)17(15)13(9)16(21)22/h2-4,10,15H,5-7H2,1H3,(H,21,22). The van der Waals surface area contributed by atoms with Crippen LogP contribution in [0.2, 0.25) is 0 Å². The number of ether oxygens (including phenoxy) is 1. The van der Waals surface area contributed by atoms with E-state index in [9.17, 15) is 24.3 Å². The molecule has 2 aliphatic heterocycles. The maximum Gasteiger partial charge on any atom is 0.352 e. The second-order valence-corrected chi connectivity index (χ2v) is 7.71. The SMILES string of the molecule is CC(=O)OCC1=C(C(=O)O)N2C(=O)C(CC(=O)c3cccs3)C2SC1. The van der Waals surface area contributed by atoms with Crippen LogP contribution in [0.3, 0.4) is 0 Å². The molecule has 0 aromatic carbocycles. The van der Waals surface area contributed by atoms with Crippen LogP contribution < -0.4 is 0 Å². The van der Waals surface area contributed by atoms with E-state index < -0.39 is 17.9 Å². The van der Waals surface area contributed by atoms with Crippen LogP contribution in [0.4, 0.5) is 0 Å². The predicted octanol–water partition coefficient (Wildman–Crippen LogP) is 1.75. The van der Waals surface area contributed by atoms with Gasteiger partial charge in [0.1, 0.15) is 12.3 Å². The van der Waals surface area contributed by atoms with Gasteiger partial charge in [0.2, 0.25) is 5.91 Å². The van der Waals surface area contributed by atoms with Gasteiger partial charge in [-0.25, -0.2) is 4.79 Å². The number of carboxylic acid groups (broad SMARTS) is 1. The summed E-state index contributed by atoms with van der Waals surface area (Å²) < 4.78 is 4.88. The molecule has 7 nitrogen and oxygen atoms in total. The summed E-state index contributed by atoms with van der Waals surface area (Å²) in [5.41, 5.74) is 0.259. The number of aliphatic carboxylic acids is 1. The van der Waals surface area contributed by atoms with Crippen molar-refractivity contribution in [3.63, 3.8) is 0 Å². The average molecular weight is 381 g/mol. The van der Waals surface area contributed by atoms with Gasteiger partial charge in [-0.05, 0) is 11.4 Å². The summed E-state index contributed by atoms with van der Waals surface area (Å²) >= 11 is 2.71. The van der Waals surface area contributed by atoms with E-state index in [1.807, 2.05) is 0 Å². The van der Waals surface area contributed by atoms with Crippen molar-refractivity contribution in [2.75, 3.05) is 12.4 Å². The molecule has 1 aromatic rings. The first-order valence-electron chi connectivity index (χ1n) is 7.50. The highest BCUT2D eigenvalue weighted by molar-refractivity contribution is 8.00. The first-order chi connectivity index (χ1) is 11.9. The highest BCUT2D eigenvalue weighted by Crippen LogP contribution is 2.45. The number of thiophene rings is 1. The number of carbonyl (C=O) groups is 4. The van der Waals surface area contributed by atoms with Crippen molar-refractivity contribution in [1.29, 1.82) is 0 Å². The number of carboxylic acids is 1. The molecule has 132 valence electrons. The van der Waals surface area contributed by atoms with Gasteiger partial charge in [-0.3, -0.25) is 19.3 Å². The molecule has 0 radical (unpaired) electrons. The summed E-state index contributed by atoms with van der Waals surface area (Å²) in [5.74, 6) is -2.42. The quantitative estimate of drug-likeness (QED) is 0.455. The largest absolute Gasteiger partial charge is 0.477 e. The molecule has 0 saturated carbocycles. The molecule has 2 atom stereocenters. The molecule has 1 N–H and O–H groups in total. The number of esters is 1. The molecular weight excluding hydrogens is 366 g/mol. The number of ketones is 1. The summed E-state index contributed by atoms with van der Waals surface area (Å²) in [6.07, 6.45) is 0.0691. The van der Waals surface area contributed by atoms with Gasteiger partial charge in [0.15, 0.2) is 5.78 Å². The third-order valence-corrected chi connectivity index (χ3v) is 6.32. The number of fused-ring (bicyclic) bond motifs is 1. The number of hydrogen-bond donors (Lipinski definition) is 1. The molecular formula is C16H15NO6S2. The number of hydrogen-bond acceptors (Lipinski definition) is 7. The van der Waals surface area contributed by atoms with Gasteiger partial charge < -0.3 is 9.84 Å². The fourth-order valence-electron chi connectivity index (χ4n) is 2.86. The topological polar surface area (TPSA) is 101 Å². The third-order valence-electron chi connectivity index (χ3n) is 4.01. The Balaban J connectivity index is 1.76. The summed E-state index contributed by atoms with van der Waals surface area (Å²) in [7, 11) is 0. The van der Waals surface area contributed by atoms with Crippen LogP contribution in [-0.2, 0) is 19.1 Å². The Bertz CT molecular complexity index is 770. The number of amides is 1. The highest BCUT2D eigenvalue weighted by atomic mass is 32.2.